The summed E-state index contributed by atoms with van der Waals surface area (Å²) in [7, 11) is 0. The van der Waals surface area contributed by atoms with E-state index < -0.39 is 0 Å². The first-order valence-corrected chi connectivity index (χ1v) is 13.9. The summed E-state index contributed by atoms with van der Waals surface area (Å²) in [6.45, 7) is 6.67. The van der Waals surface area contributed by atoms with Crippen LogP contribution in [0.4, 0.5) is 0 Å². The zero-order valence-corrected chi connectivity index (χ0v) is 21.8. The minimum absolute atomic E-state index is 1.02. The van der Waals surface area contributed by atoms with Crippen LogP contribution in [-0.2, 0) is 6.42 Å². The molecule has 0 atom stereocenters. The molecule has 158 valence electrons. The highest BCUT2D eigenvalue weighted by molar-refractivity contribution is 9.11. The second-order valence-corrected chi connectivity index (χ2v) is 12.1. The number of aromatic nitrogens is 2. The van der Waals surface area contributed by atoms with E-state index in [1.165, 1.54) is 97.3 Å². The fourth-order valence-corrected chi connectivity index (χ4v) is 7.09. The quantitative estimate of drug-likeness (QED) is 0.206. The summed E-state index contributed by atoms with van der Waals surface area (Å²) in [5.41, 5.74) is 7.23. The monoisotopic (exact) mass is 518 g/mol. The molecule has 0 aliphatic rings. The van der Waals surface area contributed by atoms with Gasteiger partial charge in [-0.15, -0.1) is 22.7 Å². The Morgan fingerprint density at radius 3 is 2.10 bits per heavy atom. The van der Waals surface area contributed by atoms with Gasteiger partial charge < -0.3 is 0 Å². The maximum Gasteiger partial charge on any atom is 0.114 e. The van der Waals surface area contributed by atoms with E-state index in [4.69, 9.17) is 0 Å². The van der Waals surface area contributed by atoms with Crippen molar-refractivity contribution in [1.82, 2.24) is 8.75 Å². The van der Waals surface area contributed by atoms with E-state index in [-0.39, 0.29) is 0 Å². The number of rotatable bonds is 9. The Morgan fingerprint density at radius 1 is 0.833 bits per heavy atom. The van der Waals surface area contributed by atoms with Crippen LogP contribution in [0.25, 0.3) is 31.9 Å². The van der Waals surface area contributed by atoms with Crippen molar-refractivity contribution in [3.8, 4) is 20.9 Å². The number of hydrogen-bond donors (Lipinski definition) is 0. The number of aryl methyl sites for hydroxylation is 3. The molecule has 1 aromatic carbocycles. The van der Waals surface area contributed by atoms with Crippen LogP contribution < -0.4 is 0 Å². The third-order valence-electron chi connectivity index (χ3n) is 5.62. The number of halogens is 1. The van der Waals surface area contributed by atoms with Gasteiger partial charge in [0.05, 0.1) is 15.5 Å². The van der Waals surface area contributed by atoms with Gasteiger partial charge in [0.2, 0.25) is 0 Å². The van der Waals surface area contributed by atoms with Gasteiger partial charge in [-0.2, -0.15) is 8.75 Å². The normalized spacial score (nSPS) is 11.6. The molecule has 3 aromatic heterocycles. The molecule has 6 heteroatoms. The third kappa shape index (κ3) is 4.72. The van der Waals surface area contributed by atoms with Gasteiger partial charge in [-0.1, -0.05) is 51.2 Å². The lowest BCUT2D eigenvalue weighted by Gasteiger charge is -2.03. The SMILES string of the molecule is CCCCCCCCc1cc(-c2ccc(-c3cc(C)c(Br)s3)c3nsnc23)sc1C. The van der Waals surface area contributed by atoms with E-state index >= 15 is 0 Å². The highest BCUT2D eigenvalue weighted by Gasteiger charge is 2.17. The van der Waals surface area contributed by atoms with Crippen molar-refractivity contribution in [2.75, 3.05) is 0 Å². The van der Waals surface area contributed by atoms with Gasteiger partial charge in [0.1, 0.15) is 11.0 Å². The molecule has 0 amide bonds. The highest BCUT2D eigenvalue weighted by Crippen LogP contribution is 2.42. The average Bonchev–Trinajstić information content (AvgIpc) is 3.44. The number of benzene rings is 1. The lowest BCUT2D eigenvalue weighted by Crippen LogP contribution is -1.86. The molecular weight excluding hydrogens is 492 g/mol. The molecule has 0 fully saturated rings. The summed E-state index contributed by atoms with van der Waals surface area (Å²) in [4.78, 5) is 4.01. The predicted octanol–water partition coefficient (Wildman–Crippen LogP) is 9.43. The first-order chi connectivity index (χ1) is 14.6. The van der Waals surface area contributed by atoms with Crippen molar-refractivity contribution in [2.45, 2.75) is 65.7 Å². The van der Waals surface area contributed by atoms with Crippen LogP contribution in [0.1, 0.15) is 61.5 Å². The number of thiophene rings is 2. The summed E-state index contributed by atoms with van der Waals surface area (Å²) < 4.78 is 10.5. The van der Waals surface area contributed by atoms with E-state index in [1.54, 1.807) is 11.3 Å². The van der Waals surface area contributed by atoms with Crippen molar-refractivity contribution in [3.05, 3.63) is 44.1 Å². The van der Waals surface area contributed by atoms with Gasteiger partial charge in [-0.25, -0.2) is 0 Å². The van der Waals surface area contributed by atoms with Crippen LogP contribution in [0.15, 0.2) is 28.1 Å². The molecule has 2 nitrogen and oxygen atoms in total. The van der Waals surface area contributed by atoms with Gasteiger partial charge in [0, 0.05) is 25.8 Å². The fraction of sp³-hybridized carbons (Fsp3) is 0.417. The van der Waals surface area contributed by atoms with Crippen LogP contribution in [0.5, 0.6) is 0 Å². The Hall–Kier alpha value is -1.08. The van der Waals surface area contributed by atoms with Crippen LogP contribution in [-0.4, -0.2) is 8.75 Å². The smallest absolute Gasteiger partial charge is 0.114 e. The van der Waals surface area contributed by atoms with Crippen LogP contribution >= 0.6 is 50.3 Å². The van der Waals surface area contributed by atoms with E-state index in [9.17, 15) is 0 Å². The molecule has 4 aromatic rings. The lowest BCUT2D eigenvalue weighted by atomic mass is 10.0. The molecule has 4 rings (SSSR count). The van der Waals surface area contributed by atoms with Crippen molar-refractivity contribution in [1.29, 1.82) is 0 Å². The average molecular weight is 520 g/mol. The van der Waals surface area contributed by atoms with Gasteiger partial charge in [-0.3, -0.25) is 0 Å². The van der Waals surface area contributed by atoms with E-state index in [2.05, 4.69) is 69.7 Å². The summed E-state index contributed by atoms with van der Waals surface area (Å²) in [6.07, 6.45) is 9.26. The maximum absolute atomic E-state index is 4.68. The summed E-state index contributed by atoms with van der Waals surface area (Å²) in [5, 5.41) is 0. The summed E-state index contributed by atoms with van der Waals surface area (Å²) in [5.74, 6) is 0. The molecule has 0 saturated heterocycles. The molecule has 3 heterocycles. The Labute approximate surface area is 199 Å². The Morgan fingerprint density at radius 2 is 1.47 bits per heavy atom. The van der Waals surface area contributed by atoms with Crippen LogP contribution in [0.3, 0.4) is 0 Å². The minimum Gasteiger partial charge on any atom is -0.172 e. The number of fused-ring (bicyclic) bond motifs is 1. The van der Waals surface area contributed by atoms with Crippen LogP contribution in [0, 0.1) is 13.8 Å². The van der Waals surface area contributed by atoms with Crippen molar-refractivity contribution in [2.24, 2.45) is 0 Å². The standard InChI is InChI=1S/C24H27BrN2S3/c1-4-5-6-7-8-9-10-17-14-21(28-16(17)3)19-12-11-18(22-23(19)27-30-26-22)20-13-15(2)24(25)29-20/h11-14H,4-10H2,1-3H3. The minimum atomic E-state index is 1.02. The van der Waals surface area contributed by atoms with E-state index in [0.29, 0.717) is 0 Å². The third-order valence-corrected chi connectivity index (χ3v) is 9.45. The predicted molar refractivity (Wildman–Crippen MR) is 138 cm³/mol. The number of hydrogen-bond acceptors (Lipinski definition) is 5. The molecule has 0 saturated carbocycles. The van der Waals surface area contributed by atoms with E-state index in [1.807, 2.05) is 11.3 Å². The molecule has 0 N–H and O–H groups in total. The number of nitrogens with zero attached hydrogens (tertiary/aromatic N) is 2. The molecule has 0 bridgehead atoms. The second kappa shape index (κ2) is 10.0. The first kappa shape index (κ1) is 22.1. The maximum atomic E-state index is 4.68. The van der Waals surface area contributed by atoms with Crippen molar-refractivity contribution >= 4 is 61.4 Å². The van der Waals surface area contributed by atoms with Gasteiger partial charge >= 0.3 is 0 Å². The van der Waals surface area contributed by atoms with E-state index in [0.717, 1.165) is 11.0 Å². The largest absolute Gasteiger partial charge is 0.172 e. The number of unbranched alkanes of at least 4 members (excludes halogenated alkanes) is 5. The molecule has 0 unspecified atom stereocenters. The zero-order valence-electron chi connectivity index (χ0n) is 17.8. The lowest BCUT2D eigenvalue weighted by molar-refractivity contribution is 0.607. The highest BCUT2D eigenvalue weighted by atomic mass is 79.9. The summed E-state index contributed by atoms with van der Waals surface area (Å²) in [6, 6.07) is 9.09. The molecule has 0 spiro atoms. The molecule has 0 aliphatic carbocycles. The first-order valence-electron chi connectivity index (χ1n) is 10.7. The second-order valence-electron chi connectivity index (χ2n) is 7.90. The molecule has 0 radical (unpaired) electrons. The Balaban J connectivity index is 1.57. The topological polar surface area (TPSA) is 25.8 Å². The molecule has 0 aliphatic heterocycles. The Kier molecular flexibility index (Phi) is 7.40. The van der Waals surface area contributed by atoms with Crippen molar-refractivity contribution in [3.63, 3.8) is 0 Å². The van der Waals surface area contributed by atoms with Crippen LogP contribution in [0.2, 0.25) is 0 Å². The molecular formula is C24H27BrN2S3. The Bertz CT molecular complexity index is 1120. The fourth-order valence-electron chi connectivity index (χ4n) is 3.85. The van der Waals surface area contributed by atoms with Gasteiger partial charge in [0.25, 0.3) is 0 Å². The molecule has 30 heavy (non-hydrogen) atoms. The zero-order chi connectivity index (χ0) is 21.1. The summed E-state index contributed by atoms with van der Waals surface area (Å²) >= 11 is 8.63. The van der Waals surface area contributed by atoms with Crippen molar-refractivity contribution < 1.29 is 0 Å². The van der Waals surface area contributed by atoms with Gasteiger partial charge in [0.15, 0.2) is 0 Å². The van der Waals surface area contributed by atoms with Gasteiger partial charge in [-0.05, 0) is 65.9 Å².